The van der Waals surface area contributed by atoms with E-state index in [0.717, 1.165) is 11.3 Å². The summed E-state index contributed by atoms with van der Waals surface area (Å²) in [4.78, 5) is 22.0. The summed E-state index contributed by atoms with van der Waals surface area (Å²) in [7, 11) is -1.57. The normalized spacial score (nSPS) is 10.3. The molecule has 0 aliphatic rings. The fourth-order valence-electron chi connectivity index (χ4n) is 3.02. The maximum atomic E-state index is 13.1. The van der Waals surface area contributed by atoms with Crippen molar-refractivity contribution in [2.24, 2.45) is 0 Å². The van der Waals surface area contributed by atoms with Crippen molar-refractivity contribution in [2.45, 2.75) is 34.0 Å². The highest BCUT2D eigenvalue weighted by Crippen LogP contribution is 2.24. The molecule has 1 N–H and O–H groups in total. The molecule has 2 aromatic heterocycles. The molecule has 0 amide bonds. The van der Waals surface area contributed by atoms with E-state index in [9.17, 15) is 9.36 Å². The number of anilines is 2. The van der Waals surface area contributed by atoms with Crippen molar-refractivity contribution in [1.82, 2.24) is 14.5 Å². The van der Waals surface area contributed by atoms with Gasteiger partial charge in [0.2, 0.25) is 12.2 Å². The van der Waals surface area contributed by atoms with Crippen LogP contribution in [0.15, 0.2) is 77.7 Å². The first-order valence-corrected chi connectivity index (χ1v) is 12.7. The van der Waals surface area contributed by atoms with E-state index >= 15 is 0 Å². The monoisotopic (exact) mass is 449 g/mol. The van der Waals surface area contributed by atoms with E-state index in [0.29, 0.717) is 22.5 Å². The number of pyridine rings is 1. The van der Waals surface area contributed by atoms with Gasteiger partial charge in [0.05, 0.1) is 0 Å². The van der Waals surface area contributed by atoms with Crippen LogP contribution in [0, 0.1) is 0 Å². The summed E-state index contributed by atoms with van der Waals surface area (Å²) in [5.41, 5.74) is 2.44. The van der Waals surface area contributed by atoms with E-state index < -0.39 is 7.80 Å². The Labute approximate surface area is 190 Å². The van der Waals surface area contributed by atoms with Crippen LogP contribution < -0.4 is 10.9 Å². The Morgan fingerprint density at radius 2 is 1.53 bits per heavy atom. The maximum absolute atomic E-state index is 13.1. The zero-order chi connectivity index (χ0) is 23.5. The molecule has 0 saturated heterocycles. The number of hydrogen-bond acceptors (Lipinski definition) is 5. The highest BCUT2D eigenvalue weighted by molar-refractivity contribution is 7.42. The molecule has 2 aromatic carbocycles. The summed E-state index contributed by atoms with van der Waals surface area (Å²) in [6.45, 7) is 9.60. The van der Waals surface area contributed by atoms with Crippen LogP contribution in [0.5, 0.6) is 0 Å². The lowest BCUT2D eigenvalue weighted by Crippen LogP contribution is -2.22. The SMILES string of the molecule is CC.CC.C[P+](=O)Cn1c(=O)c(-c2ccccc2)cc2cnc(Nc3ccccc3)nc21. The number of rotatable bonds is 5. The Hall–Kier alpha value is -3.37. The second kappa shape index (κ2) is 12.5. The minimum atomic E-state index is -1.57. The molecule has 0 aliphatic carbocycles. The van der Waals surface area contributed by atoms with Crippen molar-refractivity contribution in [2.75, 3.05) is 12.0 Å². The first-order valence-electron chi connectivity index (χ1n) is 10.8. The number of nitrogens with zero attached hydrogens (tertiary/aromatic N) is 3. The molecule has 0 fully saturated rings. The molecule has 1 unspecified atom stereocenters. The minimum Gasteiger partial charge on any atom is -0.324 e. The van der Waals surface area contributed by atoms with E-state index in [1.54, 1.807) is 18.9 Å². The molecule has 0 aliphatic heterocycles. The Balaban J connectivity index is 0.000000860. The molecule has 0 bridgehead atoms. The van der Waals surface area contributed by atoms with Crippen LogP contribution in [-0.4, -0.2) is 21.2 Å². The lowest BCUT2D eigenvalue weighted by molar-refractivity contribution is 0.584. The van der Waals surface area contributed by atoms with Gasteiger partial charge in [0.1, 0.15) is 6.66 Å². The first kappa shape index (κ1) is 24.9. The molecule has 2 heterocycles. The van der Waals surface area contributed by atoms with Crippen LogP contribution >= 0.6 is 7.80 Å². The van der Waals surface area contributed by atoms with Gasteiger partial charge >= 0.3 is 7.80 Å². The van der Waals surface area contributed by atoms with Crippen molar-refractivity contribution in [1.29, 1.82) is 0 Å². The summed E-state index contributed by atoms with van der Waals surface area (Å²) < 4.78 is 13.4. The van der Waals surface area contributed by atoms with Crippen LogP contribution in [0.4, 0.5) is 11.6 Å². The number of aromatic nitrogens is 3. The minimum absolute atomic E-state index is 0.104. The Morgan fingerprint density at radius 3 is 2.12 bits per heavy atom. The molecular weight excluding hydrogens is 419 g/mol. The fourth-order valence-corrected chi connectivity index (χ4v) is 3.69. The van der Waals surface area contributed by atoms with Gasteiger partial charge in [-0.05, 0) is 23.8 Å². The van der Waals surface area contributed by atoms with Gasteiger partial charge in [-0.1, -0.05) is 80.8 Å². The average molecular weight is 450 g/mol. The number of fused-ring (bicyclic) bond motifs is 1. The summed E-state index contributed by atoms with van der Waals surface area (Å²) in [6, 6.07) is 20.8. The van der Waals surface area contributed by atoms with Crippen LogP contribution in [0.3, 0.4) is 0 Å². The molecular formula is C25H30N4O2P+. The summed E-state index contributed by atoms with van der Waals surface area (Å²) in [5.74, 6) is 0.380. The van der Waals surface area contributed by atoms with Gasteiger partial charge in [-0.15, -0.1) is 0 Å². The quantitative estimate of drug-likeness (QED) is 0.344. The predicted octanol–water partition coefficient (Wildman–Crippen LogP) is 6.67. The Kier molecular flexibility index (Phi) is 9.71. The number of para-hydroxylation sites is 1. The van der Waals surface area contributed by atoms with E-state index in [-0.39, 0.29) is 11.8 Å². The average Bonchev–Trinajstić information content (AvgIpc) is 2.84. The lowest BCUT2D eigenvalue weighted by Gasteiger charge is -2.10. The van der Waals surface area contributed by atoms with Crippen LogP contribution in [-0.2, 0) is 10.9 Å². The van der Waals surface area contributed by atoms with Gasteiger partial charge in [-0.3, -0.25) is 4.79 Å². The fraction of sp³-hybridized carbons (Fsp3) is 0.240. The van der Waals surface area contributed by atoms with Crippen LogP contribution in [0.2, 0.25) is 0 Å². The second-order valence-electron chi connectivity index (χ2n) is 6.39. The Bertz CT molecular complexity index is 1210. The number of hydrogen-bond donors (Lipinski definition) is 1. The van der Waals surface area contributed by atoms with E-state index in [4.69, 9.17) is 0 Å². The zero-order valence-electron chi connectivity index (χ0n) is 19.2. The molecule has 1 atom stereocenters. The predicted molar refractivity (Wildman–Crippen MR) is 135 cm³/mol. The van der Waals surface area contributed by atoms with Crippen molar-refractivity contribution < 1.29 is 4.57 Å². The molecule has 0 saturated carbocycles. The molecule has 0 spiro atoms. The maximum Gasteiger partial charge on any atom is 0.357 e. The molecule has 166 valence electrons. The van der Waals surface area contributed by atoms with Crippen molar-refractivity contribution >= 4 is 30.5 Å². The smallest absolute Gasteiger partial charge is 0.324 e. The van der Waals surface area contributed by atoms with Crippen molar-refractivity contribution in [3.8, 4) is 11.1 Å². The highest BCUT2D eigenvalue weighted by atomic mass is 31.1. The molecule has 4 rings (SSSR count). The summed E-state index contributed by atoms with van der Waals surface area (Å²) in [5, 5.41) is 3.85. The zero-order valence-corrected chi connectivity index (χ0v) is 20.1. The lowest BCUT2D eigenvalue weighted by atomic mass is 10.1. The first-order chi connectivity index (χ1) is 15.6. The molecule has 7 heteroatoms. The third kappa shape index (κ3) is 6.08. The molecule has 6 nitrogen and oxygen atoms in total. The second-order valence-corrected chi connectivity index (χ2v) is 7.93. The van der Waals surface area contributed by atoms with Gasteiger partial charge in [-0.2, -0.15) is 4.98 Å². The molecule has 4 aromatic rings. The van der Waals surface area contributed by atoms with E-state index in [1.807, 2.05) is 88.4 Å². The third-order valence-electron chi connectivity index (χ3n) is 4.28. The van der Waals surface area contributed by atoms with Crippen LogP contribution in [0.25, 0.3) is 22.2 Å². The Morgan fingerprint density at radius 1 is 0.938 bits per heavy atom. The largest absolute Gasteiger partial charge is 0.357 e. The standard InChI is InChI=1S/C21H17N4O2P.2C2H6/c1-28(27)14-25-19-16(12-18(20(25)26)15-8-4-2-5-9-15)13-22-21(24-19)23-17-10-6-3-7-11-17;2*1-2/h2-13H,14H2,1H3;2*1-2H3/p+1. The van der Waals surface area contributed by atoms with Gasteiger partial charge in [0.25, 0.3) is 5.56 Å². The highest BCUT2D eigenvalue weighted by Gasteiger charge is 2.18. The van der Waals surface area contributed by atoms with Crippen molar-refractivity contribution in [3.05, 3.63) is 83.3 Å². The summed E-state index contributed by atoms with van der Waals surface area (Å²) >= 11 is 0. The summed E-state index contributed by atoms with van der Waals surface area (Å²) in [6.07, 6.45) is 1.78. The third-order valence-corrected chi connectivity index (χ3v) is 4.96. The number of benzene rings is 2. The van der Waals surface area contributed by atoms with Crippen molar-refractivity contribution in [3.63, 3.8) is 0 Å². The van der Waals surface area contributed by atoms with Gasteiger partial charge in [0.15, 0.2) is 5.65 Å². The number of nitrogens with one attached hydrogen (secondary N) is 1. The van der Waals surface area contributed by atoms with Gasteiger partial charge < -0.3 is 5.32 Å². The topological polar surface area (TPSA) is 76.9 Å². The van der Waals surface area contributed by atoms with Crippen LogP contribution in [0.1, 0.15) is 27.7 Å². The molecule has 32 heavy (non-hydrogen) atoms. The van der Waals surface area contributed by atoms with Gasteiger partial charge in [-0.25, -0.2) is 9.55 Å². The van der Waals surface area contributed by atoms with E-state index in [1.165, 1.54) is 4.57 Å². The molecule has 0 radical (unpaired) electrons. The van der Waals surface area contributed by atoms with E-state index in [2.05, 4.69) is 15.3 Å². The van der Waals surface area contributed by atoms with Gasteiger partial charge in [0, 0.05) is 22.8 Å².